The number of amides is 1. The fourth-order valence-corrected chi connectivity index (χ4v) is 2.78. The van der Waals surface area contributed by atoms with Crippen molar-refractivity contribution in [2.24, 2.45) is 0 Å². The van der Waals surface area contributed by atoms with Gasteiger partial charge in [-0.05, 0) is 17.7 Å². The zero-order valence-corrected chi connectivity index (χ0v) is 13.1. The van der Waals surface area contributed by atoms with Gasteiger partial charge in [-0.25, -0.2) is 9.78 Å². The van der Waals surface area contributed by atoms with Crippen molar-refractivity contribution in [3.05, 3.63) is 47.6 Å². The SMILES string of the molecule is COc1ccc(Cn2cc(-c3nc(NC(=O)O)cs3)cn2)cc1. The zero-order chi connectivity index (χ0) is 16.2. The van der Waals surface area contributed by atoms with Crippen molar-refractivity contribution in [2.45, 2.75) is 6.54 Å². The standard InChI is InChI=1S/C15H14N4O3S/c1-22-12-4-2-10(3-5-12)7-19-8-11(6-16-19)14-17-13(9-23-14)18-15(20)21/h2-6,8-9,18H,7H2,1H3,(H,20,21). The third-order valence-corrected chi connectivity index (χ3v) is 4.01. The highest BCUT2D eigenvalue weighted by molar-refractivity contribution is 7.13. The zero-order valence-electron chi connectivity index (χ0n) is 12.3. The van der Waals surface area contributed by atoms with Crippen LogP contribution < -0.4 is 10.1 Å². The maximum absolute atomic E-state index is 10.6. The molecule has 0 saturated heterocycles. The molecule has 1 aromatic carbocycles. The molecule has 2 N–H and O–H groups in total. The van der Waals surface area contributed by atoms with Gasteiger partial charge in [-0.15, -0.1) is 11.3 Å². The van der Waals surface area contributed by atoms with Crippen molar-refractivity contribution in [1.82, 2.24) is 14.8 Å². The Morgan fingerprint density at radius 3 is 2.87 bits per heavy atom. The minimum absolute atomic E-state index is 0.320. The van der Waals surface area contributed by atoms with Crippen molar-refractivity contribution in [3.63, 3.8) is 0 Å². The number of nitrogens with zero attached hydrogens (tertiary/aromatic N) is 3. The average molecular weight is 330 g/mol. The number of aromatic nitrogens is 3. The van der Waals surface area contributed by atoms with E-state index in [0.717, 1.165) is 21.9 Å². The highest BCUT2D eigenvalue weighted by atomic mass is 32.1. The van der Waals surface area contributed by atoms with Crippen molar-refractivity contribution in [1.29, 1.82) is 0 Å². The average Bonchev–Trinajstić information content (AvgIpc) is 3.17. The molecule has 0 bridgehead atoms. The number of carbonyl (C=O) groups is 1. The molecule has 0 unspecified atom stereocenters. The van der Waals surface area contributed by atoms with Crippen LogP contribution in [0, 0.1) is 0 Å². The minimum atomic E-state index is -1.13. The molecule has 7 nitrogen and oxygen atoms in total. The second-order valence-electron chi connectivity index (χ2n) is 4.74. The van der Waals surface area contributed by atoms with Crippen LogP contribution in [0.4, 0.5) is 10.6 Å². The second-order valence-corrected chi connectivity index (χ2v) is 5.60. The molecule has 118 valence electrons. The quantitative estimate of drug-likeness (QED) is 0.750. The van der Waals surface area contributed by atoms with Gasteiger partial charge in [-0.1, -0.05) is 12.1 Å². The number of hydrogen-bond acceptors (Lipinski definition) is 5. The molecule has 8 heteroatoms. The molecule has 0 atom stereocenters. The van der Waals surface area contributed by atoms with Gasteiger partial charge in [0.05, 0.1) is 19.9 Å². The van der Waals surface area contributed by atoms with Crippen LogP contribution >= 0.6 is 11.3 Å². The maximum atomic E-state index is 10.6. The third-order valence-electron chi connectivity index (χ3n) is 3.12. The van der Waals surface area contributed by atoms with Crippen molar-refractivity contribution >= 4 is 23.2 Å². The molecule has 0 radical (unpaired) electrons. The second kappa shape index (κ2) is 6.49. The summed E-state index contributed by atoms with van der Waals surface area (Å²) in [5.74, 6) is 1.14. The summed E-state index contributed by atoms with van der Waals surface area (Å²) in [6.45, 7) is 0.635. The summed E-state index contributed by atoms with van der Waals surface area (Å²) in [4.78, 5) is 14.8. The van der Waals surface area contributed by atoms with Crippen LogP contribution in [0.1, 0.15) is 5.56 Å². The lowest BCUT2D eigenvalue weighted by molar-refractivity contribution is 0.209. The summed E-state index contributed by atoms with van der Waals surface area (Å²) in [6, 6.07) is 7.78. The molecule has 23 heavy (non-hydrogen) atoms. The van der Waals surface area contributed by atoms with Crippen LogP contribution in [0.5, 0.6) is 5.75 Å². The summed E-state index contributed by atoms with van der Waals surface area (Å²) in [5, 5.41) is 17.6. The molecule has 0 fully saturated rings. The summed E-state index contributed by atoms with van der Waals surface area (Å²) < 4.78 is 6.94. The van der Waals surface area contributed by atoms with E-state index in [1.807, 2.05) is 35.1 Å². The molecule has 0 aliphatic carbocycles. The van der Waals surface area contributed by atoms with Crippen LogP contribution in [0.2, 0.25) is 0 Å². The van der Waals surface area contributed by atoms with Crippen molar-refractivity contribution in [3.8, 4) is 16.3 Å². The van der Waals surface area contributed by atoms with Gasteiger partial charge in [-0.3, -0.25) is 10.00 Å². The Hall–Kier alpha value is -2.87. The highest BCUT2D eigenvalue weighted by Gasteiger charge is 2.09. The van der Waals surface area contributed by atoms with Gasteiger partial charge in [0.2, 0.25) is 0 Å². The predicted octanol–water partition coefficient (Wildman–Crippen LogP) is 3.15. The molecule has 0 saturated carbocycles. The number of nitrogens with one attached hydrogen (secondary N) is 1. The van der Waals surface area contributed by atoms with Crippen LogP contribution in [0.3, 0.4) is 0 Å². The van der Waals surface area contributed by atoms with E-state index in [1.54, 1.807) is 18.7 Å². The Labute approximate surface area is 136 Å². The Kier molecular flexibility index (Phi) is 4.24. The van der Waals surface area contributed by atoms with E-state index in [1.165, 1.54) is 11.3 Å². The van der Waals surface area contributed by atoms with Gasteiger partial charge in [0.15, 0.2) is 0 Å². The van der Waals surface area contributed by atoms with E-state index < -0.39 is 6.09 Å². The topological polar surface area (TPSA) is 89.3 Å². The van der Waals surface area contributed by atoms with Crippen molar-refractivity contribution < 1.29 is 14.6 Å². The van der Waals surface area contributed by atoms with Gasteiger partial charge >= 0.3 is 6.09 Å². The summed E-state index contributed by atoms with van der Waals surface area (Å²) in [7, 11) is 1.64. The van der Waals surface area contributed by atoms with Gasteiger partial charge < -0.3 is 9.84 Å². The van der Waals surface area contributed by atoms with Crippen molar-refractivity contribution in [2.75, 3.05) is 12.4 Å². The monoisotopic (exact) mass is 330 g/mol. The lowest BCUT2D eigenvalue weighted by atomic mass is 10.2. The summed E-state index contributed by atoms with van der Waals surface area (Å²) in [5.41, 5.74) is 1.95. The maximum Gasteiger partial charge on any atom is 0.410 e. The number of thiazole rings is 1. The Morgan fingerprint density at radius 1 is 1.39 bits per heavy atom. The molecule has 0 aliphatic heterocycles. The van der Waals surface area contributed by atoms with Gasteiger partial charge in [0, 0.05) is 17.1 Å². The molecule has 2 heterocycles. The first kappa shape index (κ1) is 15.0. The lowest BCUT2D eigenvalue weighted by Gasteiger charge is -2.03. The fourth-order valence-electron chi connectivity index (χ4n) is 2.05. The van der Waals surface area contributed by atoms with Gasteiger partial charge in [-0.2, -0.15) is 5.10 Å². The first-order valence-corrected chi connectivity index (χ1v) is 7.63. The number of anilines is 1. The predicted molar refractivity (Wildman–Crippen MR) is 87.1 cm³/mol. The van der Waals surface area contributed by atoms with E-state index in [4.69, 9.17) is 9.84 Å². The first-order chi connectivity index (χ1) is 11.1. The first-order valence-electron chi connectivity index (χ1n) is 6.75. The van der Waals surface area contributed by atoms with Crippen LogP contribution in [-0.2, 0) is 6.54 Å². The number of methoxy groups -OCH3 is 1. The van der Waals surface area contributed by atoms with Crippen LogP contribution in [-0.4, -0.2) is 33.1 Å². The number of ether oxygens (including phenoxy) is 1. The number of benzene rings is 1. The molecule has 0 spiro atoms. The van der Waals surface area contributed by atoms with Gasteiger partial charge in [0.1, 0.15) is 16.6 Å². The van der Waals surface area contributed by atoms with Gasteiger partial charge in [0.25, 0.3) is 0 Å². The molecule has 1 amide bonds. The van der Waals surface area contributed by atoms with Crippen LogP contribution in [0.15, 0.2) is 42.0 Å². The molecule has 3 aromatic rings. The number of hydrogen-bond donors (Lipinski definition) is 2. The lowest BCUT2D eigenvalue weighted by Crippen LogP contribution is -2.07. The number of carboxylic acid groups (broad SMARTS) is 1. The van der Waals surface area contributed by atoms with E-state index in [-0.39, 0.29) is 0 Å². The van der Waals surface area contributed by atoms with E-state index in [9.17, 15) is 4.79 Å². The van der Waals surface area contributed by atoms with E-state index >= 15 is 0 Å². The Morgan fingerprint density at radius 2 is 2.17 bits per heavy atom. The molecule has 2 aromatic heterocycles. The molecular weight excluding hydrogens is 316 g/mol. The third kappa shape index (κ3) is 3.67. The fraction of sp³-hybridized carbons (Fsp3) is 0.133. The minimum Gasteiger partial charge on any atom is -0.497 e. The van der Waals surface area contributed by atoms with E-state index in [0.29, 0.717) is 12.4 Å². The highest BCUT2D eigenvalue weighted by Crippen LogP contribution is 2.25. The van der Waals surface area contributed by atoms with Crippen LogP contribution in [0.25, 0.3) is 10.6 Å². The summed E-state index contributed by atoms with van der Waals surface area (Å²) >= 11 is 1.36. The smallest absolute Gasteiger partial charge is 0.410 e. The normalized spacial score (nSPS) is 10.5. The Bertz CT molecular complexity index is 810. The largest absolute Gasteiger partial charge is 0.497 e. The number of rotatable bonds is 5. The molecular formula is C15H14N4O3S. The molecule has 3 rings (SSSR count). The summed E-state index contributed by atoms with van der Waals surface area (Å²) in [6.07, 6.45) is 2.47. The molecule has 0 aliphatic rings. The Balaban J connectivity index is 1.72. The van der Waals surface area contributed by atoms with E-state index in [2.05, 4.69) is 15.4 Å².